The van der Waals surface area contributed by atoms with Crippen LogP contribution in [0.3, 0.4) is 0 Å². The summed E-state index contributed by atoms with van der Waals surface area (Å²) in [6, 6.07) is 14.9. The molecule has 4 aromatic rings. The number of anilines is 1. The Morgan fingerprint density at radius 3 is 2.37 bits per heavy atom. The number of nitrogen functional groups attached to an aromatic ring is 1. The van der Waals surface area contributed by atoms with Gasteiger partial charge in [0.05, 0.1) is 12.3 Å². The zero-order chi connectivity index (χ0) is 29.9. The summed E-state index contributed by atoms with van der Waals surface area (Å²) in [5, 5.41) is -0.420. The van der Waals surface area contributed by atoms with Crippen molar-refractivity contribution in [2.45, 2.75) is 39.6 Å². The number of nitrogens with one attached hydrogen (secondary N) is 1. The smallest absolute Gasteiger partial charge is 0.281 e. The van der Waals surface area contributed by atoms with E-state index in [4.69, 9.17) is 15.2 Å². The van der Waals surface area contributed by atoms with Gasteiger partial charge < -0.3 is 15.2 Å². The van der Waals surface area contributed by atoms with Gasteiger partial charge in [0.2, 0.25) is 5.88 Å². The number of sulfonamides is 1. The number of halogens is 1. The van der Waals surface area contributed by atoms with E-state index in [1.807, 2.05) is 51.5 Å². The van der Waals surface area contributed by atoms with E-state index in [0.717, 1.165) is 16.7 Å². The highest BCUT2D eigenvalue weighted by atomic mass is 32.2. The molecular weight excluding hydrogens is 547 g/mol. The summed E-state index contributed by atoms with van der Waals surface area (Å²) in [5.74, 6) is -0.700. The SMILES string of the molecule is Cc1cc(C)c(Oc2nc(-c3cc(F)cc(OCC(C)C)c3)ccc2C(=O)NS(=O)(=O)c2cccc(N)n2)c(C)c1. The van der Waals surface area contributed by atoms with E-state index in [2.05, 4.69) is 9.97 Å². The number of aryl methyl sites for hydroxylation is 3. The van der Waals surface area contributed by atoms with Crippen LogP contribution in [0.1, 0.15) is 40.9 Å². The summed E-state index contributed by atoms with van der Waals surface area (Å²) < 4.78 is 54.2. The number of nitrogens with two attached hydrogens (primary N) is 1. The lowest BCUT2D eigenvalue weighted by atomic mass is 10.1. The van der Waals surface area contributed by atoms with Crippen molar-refractivity contribution in [3.05, 3.63) is 88.7 Å². The van der Waals surface area contributed by atoms with Gasteiger partial charge in [-0.25, -0.2) is 19.1 Å². The van der Waals surface area contributed by atoms with Crippen LogP contribution in [0.25, 0.3) is 11.3 Å². The van der Waals surface area contributed by atoms with Crippen molar-refractivity contribution < 1.29 is 27.1 Å². The number of aromatic nitrogens is 2. The van der Waals surface area contributed by atoms with Gasteiger partial charge in [-0.05, 0) is 74.2 Å². The van der Waals surface area contributed by atoms with Crippen LogP contribution in [0.5, 0.6) is 17.4 Å². The summed E-state index contributed by atoms with van der Waals surface area (Å²) in [6.45, 7) is 9.99. The molecule has 41 heavy (non-hydrogen) atoms. The maximum Gasteiger partial charge on any atom is 0.281 e. The molecular formula is C30H31FN4O5S. The van der Waals surface area contributed by atoms with Crippen LogP contribution in [0.2, 0.25) is 0 Å². The highest BCUT2D eigenvalue weighted by Crippen LogP contribution is 2.33. The fourth-order valence-corrected chi connectivity index (χ4v) is 5.08. The van der Waals surface area contributed by atoms with Crippen molar-refractivity contribution >= 4 is 21.7 Å². The largest absolute Gasteiger partial charge is 0.493 e. The average Bonchev–Trinajstić information content (AvgIpc) is 2.89. The molecule has 9 nitrogen and oxygen atoms in total. The van der Waals surface area contributed by atoms with E-state index < -0.39 is 26.8 Å². The van der Waals surface area contributed by atoms with E-state index in [9.17, 15) is 17.6 Å². The number of ether oxygens (including phenoxy) is 2. The molecule has 11 heteroatoms. The quantitative estimate of drug-likeness (QED) is 0.257. The fourth-order valence-electron chi connectivity index (χ4n) is 4.14. The summed E-state index contributed by atoms with van der Waals surface area (Å²) in [5.41, 5.74) is 8.71. The minimum atomic E-state index is -4.37. The second-order valence-corrected chi connectivity index (χ2v) is 11.7. The van der Waals surface area contributed by atoms with Crippen LogP contribution in [-0.2, 0) is 10.0 Å². The molecule has 3 N–H and O–H groups in total. The number of amides is 1. The summed E-state index contributed by atoms with van der Waals surface area (Å²) in [4.78, 5) is 21.6. The molecule has 2 heterocycles. The first kappa shape index (κ1) is 29.5. The standard InChI is InChI=1S/C30H31FN4O5S/c1-17(2)16-39-23-14-21(13-22(31)15-23)25-10-9-24(29(36)35-41(37,38)27-8-6-7-26(32)34-27)30(33-25)40-28-19(4)11-18(3)12-20(28)5/h6-15,17H,16H2,1-5H3,(H2,32,34)(H,35,36). The molecule has 0 aliphatic heterocycles. The van der Waals surface area contributed by atoms with Gasteiger partial charge in [0, 0.05) is 11.6 Å². The molecule has 0 fully saturated rings. The first-order valence-electron chi connectivity index (χ1n) is 12.8. The predicted octanol–water partition coefficient (Wildman–Crippen LogP) is 5.74. The third-order valence-corrected chi connectivity index (χ3v) is 7.14. The van der Waals surface area contributed by atoms with Crippen LogP contribution < -0.4 is 19.9 Å². The Balaban J connectivity index is 1.78. The van der Waals surface area contributed by atoms with Gasteiger partial charge >= 0.3 is 0 Å². The van der Waals surface area contributed by atoms with Crippen LogP contribution >= 0.6 is 0 Å². The van der Waals surface area contributed by atoms with Crippen LogP contribution in [0, 0.1) is 32.5 Å². The second kappa shape index (κ2) is 11.9. The average molecular weight is 579 g/mol. The monoisotopic (exact) mass is 578 g/mol. The highest BCUT2D eigenvalue weighted by molar-refractivity contribution is 7.90. The number of nitrogens with zero attached hydrogens (tertiary/aromatic N) is 2. The van der Waals surface area contributed by atoms with E-state index in [1.165, 1.54) is 42.5 Å². The first-order valence-corrected chi connectivity index (χ1v) is 14.3. The molecule has 0 bridgehead atoms. The Morgan fingerprint density at radius 2 is 1.71 bits per heavy atom. The molecule has 0 aliphatic rings. The van der Waals surface area contributed by atoms with Crippen molar-refractivity contribution in [3.63, 3.8) is 0 Å². The molecule has 0 aliphatic carbocycles. The van der Waals surface area contributed by atoms with Crippen molar-refractivity contribution in [1.82, 2.24) is 14.7 Å². The van der Waals surface area contributed by atoms with Gasteiger partial charge in [-0.15, -0.1) is 0 Å². The number of rotatable bonds is 9. The lowest BCUT2D eigenvalue weighted by Crippen LogP contribution is -2.31. The molecule has 0 radical (unpaired) electrons. The molecule has 214 valence electrons. The number of carbonyl (C=O) groups is 1. The minimum absolute atomic E-state index is 0.0208. The predicted molar refractivity (Wildman–Crippen MR) is 154 cm³/mol. The van der Waals surface area contributed by atoms with Gasteiger partial charge in [-0.1, -0.05) is 37.6 Å². The Morgan fingerprint density at radius 1 is 1.00 bits per heavy atom. The lowest BCUT2D eigenvalue weighted by molar-refractivity contribution is 0.0978. The lowest BCUT2D eigenvalue weighted by Gasteiger charge is -2.16. The molecule has 2 aromatic carbocycles. The van der Waals surface area contributed by atoms with E-state index in [1.54, 1.807) is 6.07 Å². The Kier molecular flexibility index (Phi) is 8.57. The highest BCUT2D eigenvalue weighted by Gasteiger charge is 2.25. The number of pyridine rings is 2. The molecule has 0 saturated heterocycles. The molecule has 0 atom stereocenters. The second-order valence-electron chi connectivity index (χ2n) is 10.1. The van der Waals surface area contributed by atoms with Gasteiger partial charge in [0.1, 0.15) is 28.7 Å². The summed E-state index contributed by atoms with van der Waals surface area (Å²) >= 11 is 0. The normalized spacial score (nSPS) is 11.4. The van der Waals surface area contributed by atoms with Gasteiger partial charge in [0.25, 0.3) is 15.9 Å². The van der Waals surface area contributed by atoms with Gasteiger partial charge in [-0.2, -0.15) is 8.42 Å². The first-order chi connectivity index (χ1) is 19.3. The zero-order valence-electron chi connectivity index (χ0n) is 23.4. The third kappa shape index (κ3) is 7.17. The number of hydrogen-bond donors (Lipinski definition) is 2. The fraction of sp³-hybridized carbons (Fsp3) is 0.233. The van der Waals surface area contributed by atoms with E-state index >= 15 is 0 Å². The Bertz CT molecular complexity index is 1700. The maximum atomic E-state index is 14.5. The molecule has 2 aromatic heterocycles. The molecule has 0 spiro atoms. The topological polar surface area (TPSA) is 134 Å². The zero-order valence-corrected chi connectivity index (χ0v) is 24.2. The maximum absolute atomic E-state index is 14.5. The molecule has 1 amide bonds. The Hall–Kier alpha value is -4.51. The summed E-state index contributed by atoms with van der Waals surface area (Å²) in [7, 11) is -4.37. The summed E-state index contributed by atoms with van der Waals surface area (Å²) in [6.07, 6.45) is 0. The number of benzene rings is 2. The van der Waals surface area contributed by atoms with Crippen molar-refractivity contribution in [3.8, 4) is 28.6 Å². The molecule has 0 unspecified atom stereocenters. The number of carbonyl (C=O) groups excluding carboxylic acids is 1. The third-order valence-electron chi connectivity index (χ3n) is 5.91. The molecule has 4 rings (SSSR count). The van der Waals surface area contributed by atoms with Gasteiger partial charge in [-0.3, -0.25) is 4.79 Å². The van der Waals surface area contributed by atoms with Crippen LogP contribution in [0.15, 0.2) is 65.7 Å². The van der Waals surface area contributed by atoms with Crippen LogP contribution in [0.4, 0.5) is 10.2 Å². The van der Waals surface area contributed by atoms with E-state index in [0.29, 0.717) is 23.7 Å². The van der Waals surface area contributed by atoms with Crippen molar-refractivity contribution in [1.29, 1.82) is 0 Å². The van der Waals surface area contributed by atoms with Crippen LogP contribution in [-0.4, -0.2) is 30.9 Å². The van der Waals surface area contributed by atoms with Crippen molar-refractivity contribution in [2.75, 3.05) is 12.3 Å². The minimum Gasteiger partial charge on any atom is -0.493 e. The van der Waals surface area contributed by atoms with E-state index in [-0.39, 0.29) is 28.9 Å². The Labute approximate surface area is 238 Å². The number of hydrogen-bond acceptors (Lipinski definition) is 8. The van der Waals surface area contributed by atoms with Crippen molar-refractivity contribution in [2.24, 2.45) is 5.92 Å². The van der Waals surface area contributed by atoms with Gasteiger partial charge in [0.15, 0.2) is 5.03 Å². The molecule has 0 saturated carbocycles.